The number of aliphatic imine (C=N–C) groups is 1. The van der Waals surface area contributed by atoms with Crippen LogP contribution in [0.5, 0.6) is 0 Å². The van der Waals surface area contributed by atoms with Crippen molar-refractivity contribution in [2.75, 3.05) is 0 Å². The molecule has 4 aromatic carbocycles. The summed E-state index contributed by atoms with van der Waals surface area (Å²) in [4.78, 5) is 35.9. The van der Waals surface area contributed by atoms with Crippen LogP contribution in [0.4, 0.5) is 5.69 Å². The molecule has 0 aromatic heterocycles. The first kappa shape index (κ1) is 27.7. The summed E-state index contributed by atoms with van der Waals surface area (Å²) in [6, 6.07) is 33.3. The lowest BCUT2D eigenvalue weighted by Crippen LogP contribution is -2.47. The lowest BCUT2D eigenvalue weighted by atomic mass is 9.94. The summed E-state index contributed by atoms with van der Waals surface area (Å²) in [5.41, 5.74) is 4.47. The lowest BCUT2D eigenvalue weighted by Gasteiger charge is -2.34. The van der Waals surface area contributed by atoms with Gasteiger partial charge in [-0.05, 0) is 42.7 Å². The Morgan fingerprint density at radius 1 is 0.786 bits per heavy atom. The Morgan fingerprint density at radius 3 is 2.17 bits per heavy atom. The van der Waals surface area contributed by atoms with Crippen molar-refractivity contribution < 1.29 is 9.59 Å². The molecule has 0 spiro atoms. The number of hydrogen-bond acceptors (Lipinski definition) is 3. The number of carbonyl (C=O) groups excluding carboxylic acids is 2. The van der Waals surface area contributed by atoms with E-state index in [1.54, 1.807) is 29.2 Å². The third kappa shape index (κ3) is 5.79. The van der Waals surface area contributed by atoms with Gasteiger partial charge in [0.15, 0.2) is 0 Å². The van der Waals surface area contributed by atoms with Crippen LogP contribution in [-0.2, 0) is 4.79 Å². The molecular weight excluding hydrogens is 542 g/mol. The molecule has 1 unspecified atom stereocenters. The molecule has 1 saturated carbocycles. The molecule has 1 aliphatic carbocycles. The van der Waals surface area contributed by atoms with Gasteiger partial charge >= 0.3 is 0 Å². The molecular formula is C36H32ClN3O2. The summed E-state index contributed by atoms with van der Waals surface area (Å²) in [5.74, 6) is -0.592. The number of benzene rings is 4. The van der Waals surface area contributed by atoms with Gasteiger partial charge in [0, 0.05) is 17.2 Å². The fourth-order valence-corrected chi connectivity index (χ4v) is 6.04. The molecule has 0 radical (unpaired) electrons. The summed E-state index contributed by atoms with van der Waals surface area (Å²) in [7, 11) is 0. The number of para-hydroxylation sites is 1. The minimum atomic E-state index is -0.966. The molecule has 1 fully saturated rings. The van der Waals surface area contributed by atoms with E-state index < -0.39 is 6.04 Å². The molecule has 6 heteroatoms. The Labute approximate surface area is 251 Å². The van der Waals surface area contributed by atoms with Gasteiger partial charge in [0.05, 0.1) is 27.7 Å². The normalized spacial score (nSPS) is 18.1. The van der Waals surface area contributed by atoms with Crippen molar-refractivity contribution in [2.24, 2.45) is 4.99 Å². The summed E-state index contributed by atoms with van der Waals surface area (Å²) in [5, 5.41) is 3.63. The van der Waals surface area contributed by atoms with Crippen molar-refractivity contribution in [3.05, 3.63) is 142 Å². The largest absolute Gasteiger partial charge is 0.351 e. The van der Waals surface area contributed by atoms with Gasteiger partial charge in [-0.1, -0.05) is 122 Å². The quantitative estimate of drug-likeness (QED) is 0.262. The van der Waals surface area contributed by atoms with E-state index in [9.17, 15) is 9.59 Å². The number of fused-ring (bicyclic) bond motifs is 1. The molecule has 1 N–H and O–H groups in total. The number of rotatable bonds is 5. The van der Waals surface area contributed by atoms with E-state index in [1.165, 1.54) is 6.42 Å². The van der Waals surface area contributed by atoms with E-state index in [0.29, 0.717) is 33.2 Å². The standard InChI is InChI=1S/C36H32ClN3O2/c37-30-22-12-10-20-28(30)36(42)40-32(24-25-14-4-1-5-15-25)33(26-16-6-2-7-17-26)39-31-23-13-11-21-29(31)34(40)35(41)38-27-18-8-3-9-19-27/h1-2,4-7,10-17,20-24,27,34H,3,8-9,18-19H2,(H,38,41)/b32-24-. The van der Waals surface area contributed by atoms with Crippen molar-refractivity contribution in [3.8, 4) is 0 Å². The van der Waals surface area contributed by atoms with E-state index in [4.69, 9.17) is 16.6 Å². The fraction of sp³-hybridized carbons (Fsp3) is 0.194. The average molecular weight is 574 g/mol. The monoisotopic (exact) mass is 573 g/mol. The number of nitrogens with zero attached hydrogens (tertiary/aromatic N) is 2. The van der Waals surface area contributed by atoms with Gasteiger partial charge in [-0.3, -0.25) is 14.5 Å². The van der Waals surface area contributed by atoms with Crippen LogP contribution >= 0.6 is 11.6 Å². The predicted octanol–water partition coefficient (Wildman–Crippen LogP) is 8.15. The van der Waals surface area contributed by atoms with E-state index in [0.717, 1.165) is 36.8 Å². The van der Waals surface area contributed by atoms with E-state index in [2.05, 4.69) is 5.32 Å². The zero-order valence-electron chi connectivity index (χ0n) is 23.2. The Hall–Kier alpha value is -4.48. The van der Waals surface area contributed by atoms with Crippen molar-refractivity contribution >= 4 is 40.9 Å². The number of hydrogen-bond donors (Lipinski definition) is 1. The van der Waals surface area contributed by atoms with E-state index in [-0.39, 0.29) is 17.9 Å². The molecule has 210 valence electrons. The maximum absolute atomic E-state index is 14.7. The second-order valence-electron chi connectivity index (χ2n) is 10.7. The Balaban J connectivity index is 1.61. The third-order valence-electron chi connectivity index (χ3n) is 7.90. The summed E-state index contributed by atoms with van der Waals surface area (Å²) in [6.45, 7) is 0. The predicted molar refractivity (Wildman–Crippen MR) is 169 cm³/mol. The molecule has 42 heavy (non-hydrogen) atoms. The molecule has 2 aliphatic rings. The first-order chi connectivity index (χ1) is 20.6. The summed E-state index contributed by atoms with van der Waals surface area (Å²) < 4.78 is 0. The Morgan fingerprint density at radius 2 is 1.43 bits per heavy atom. The molecule has 1 atom stereocenters. The van der Waals surface area contributed by atoms with Crippen LogP contribution in [0.1, 0.15) is 65.2 Å². The maximum atomic E-state index is 14.7. The molecule has 4 aromatic rings. The number of allylic oxidation sites excluding steroid dienone is 1. The second-order valence-corrected chi connectivity index (χ2v) is 11.1. The van der Waals surface area contributed by atoms with Gasteiger partial charge in [0.25, 0.3) is 5.91 Å². The smallest absolute Gasteiger partial charge is 0.260 e. The molecule has 2 amide bonds. The van der Waals surface area contributed by atoms with Gasteiger partial charge in [0.2, 0.25) is 5.91 Å². The number of nitrogens with one attached hydrogen (secondary N) is 1. The average Bonchev–Trinajstić information content (AvgIpc) is 3.17. The highest BCUT2D eigenvalue weighted by Crippen LogP contribution is 2.40. The lowest BCUT2D eigenvalue weighted by molar-refractivity contribution is -0.126. The summed E-state index contributed by atoms with van der Waals surface area (Å²) in [6.07, 6.45) is 7.12. The Bertz CT molecular complexity index is 1640. The third-order valence-corrected chi connectivity index (χ3v) is 8.23. The van der Waals surface area contributed by atoms with Crippen LogP contribution in [-0.4, -0.2) is 28.5 Å². The van der Waals surface area contributed by atoms with Gasteiger partial charge in [0.1, 0.15) is 6.04 Å². The van der Waals surface area contributed by atoms with Crippen LogP contribution in [0.25, 0.3) is 6.08 Å². The first-order valence-electron chi connectivity index (χ1n) is 14.5. The minimum Gasteiger partial charge on any atom is -0.351 e. The number of carbonyl (C=O) groups is 2. The molecule has 1 heterocycles. The van der Waals surface area contributed by atoms with Crippen LogP contribution in [0.2, 0.25) is 5.02 Å². The zero-order valence-corrected chi connectivity index (χ0v) is 24.0. The first-order valence-corrected chi connectivity index (χ1v) is 14.9. The van der Waals surface area contributed by atoms with Crippen molar-refractivity contribution in [1.29, 1.82) is 0 Å². The topological polar surface area (TPSA) is 61.8 Å². The molecule has 5 nitrogen and oxygen atoms in total. The SMILES string of the molecule is O=C(NC1CCCCC1)C1c2ccccc2N=C(c2ccccc2)/C(=C/c2ccccc2)N1C(=O)c1ccccc1Cl. The van der Waals surface area contributed by atoms with Crippen molar-refractivity contribution in [3.63, 3.8) is 0 Å². The highest BCUT2D eigenvalue weighted by molar-refractivity contribution is 6.34. The second kappa shape index (κ2) is 12.6. The molecule has 6 rings (SSSR count). The summed E-state index contributed by atoms with van der Waals surface area (Å²) >= 11 is 6.63. The van der Waals surface area contributed by atoms with Crippen LogP contribution in [0.3, 0.4) is 0 Å². The molecule has 1 aliphatic heterocycles. The van der Waals surface area contributed by atoms with Gasteiger partial charge < -0.3 is 5.32 Å². The van der Waals surface area contributed by atoms with E-state index >= 15 is 0 Å². The highest BCUT2D eigenvalue weighted by atomic mass is 35.5. The van der Waals surface area contributed by atoms with Crippen molar-refractivity contribution in [2.45, 2.75) is 44.2 Å². The van der Waals surface area contributed by atoms with Crippen molar-refractivity contribution in [1.82, 2.24) is 10.2 Å². The minimum absolute atomic E-state index is 0.0648. The van der Waals surface area contributed by atoms with Crippen LogP contribution in [0, 0.1) is 0 Å². The van der Waals surface area contributed by atoms with E-state index in [1.807, 2.05) is 91.0 Å². The number of amides is 2. The van der Waals surface area contributed by atoms with Gasteiger partial charge in [-0.25, -0.2) is 4.99 Å². The number of halogens is 1. The maximum Gasteiger partial charge on any atom is 0.260 e. The van der Waals surface area contributed by atoms with Gasteiger partial charge in [-0.15, -0.1) is 0 Å². The van der Waals surface area contributed by atoms with Crippen LogP contribution in [0.15, 0.2) is 120 Å². The van der Waals surface area contributed by atoms with Gasteiger partial charge in [-0.2, -0.15) is 0 Å². The molecule has 0 saturated heterocycles. The zero-order chi connectivity index (χ0) is 28.9. The Kier molecular flexibility index (Phi) is 8.29. The van der Waals surface area contributed by atoms with Crippen LogP contribution < -0.4 is 5.32 Å². The molecule has 0 bridgehead atoms. The fourth-order valence-electron chi connectivity index (χ4n) is 5.82. The highest BCUT2D eigenvalue weighted by Gasteiger charge is 2.40.